The zero-order valence-electron chi connectivity index (χ0n) is 19.0. The summed E-state index contributed by atoms with van der Waals surface area (Å²) in [6.45, 7) is 1.85. The number of ketones is 1. The van der Waals surface area contributed by atoms with Crippen molar-refractivity contribution in [2.45, 2.75) is 31.6 Å². The Morgan fingerprint density at radius 1 is 1.12 bits per heavy atom. The number of carbonyl (C=O) groups excluding carboxylic acids is 2. The third-order valence-corrected chi connectivity index (χ3v) is 6.60. The third kappa shape index (κ3) is 3.51. The van der Waals surface area contributed by atoms with E-state index < -0.39 is 5.97 Å². The average Bonchev–Trinajstić information content (AvgIpc) is 3.22. The predicted molar refractivity (Wildman–Crippen MR) is 123 cm³/mol. The number of hydrogen-bond acceptors (Lipinski definition) is 8. The van der Waals surface area contributed by atoms with E-state index >= 15 is 0 Å². The molecule has 34 heavy (non-hydrogen) atoms. The van der Waals surface area contributed by atoms with Gasteiger partial charge >= 0.3 is 5.97 Å². The van der Waals surface area contributed by atoms with E-state index in [1.165, 1.54) is 14.2 Å². The molecule has 174 valence electrons. The van der Waals surface area contributed by atoms with Crippen molar-refractivity contribution >= 4 is 17.6 Å². The molecule has 8 heteroatoms. The second kappa shape index (κ2) is 8.37. The first-order valence-electron chi connectivity index (χ1n) is 11.0. The molecule has 2 atom stereocenters. The van der Waals surface area contributed by atoms with Crippen LogP contribution in [0.15, 0.2) is 58.3 Å². The zero-order valence-corrected chi connectivity index (χ0v) is 19.0. The third-order valence-electron chi connectivity index (χ3n) is 6.60. The molecule has 5 rings (SSSR count). The van der Waals surface area contributed by atoms with Crippen LogP contribution >= 0.6 is 0 Å². The maximum Gasteiger partial charge on any atom is 0.337 e. The van der Waals surface area contributed by atoms with Crippen LogP contribution in [0.4, 0.5) is 5.88 Å². The van der Waals surface area contributed by atoms with Gasteiger partial charge in [-0.3, -0.25) is 4.79 Å². The summed E-state index contributed by atoms with van der Waals surface area (Å²) in [6, 6.07) is 12.3. The minimum Gasteiger partial charge on any atom is -0.504 e. The van der Waals surface area contributed by atoms with Gasteiger partial charge < -0.3 is 24.4 Å². The van der Waals surface area contributed by atoms with Crippen LogP contribution in [0.1, 0.15) is 57.4 Å². The van der Waals surface area contributed by atoms with Crippen LogP contribution in [-0.4, -0.2) is 36.2 Å². The van der Waals surface area contributed by atoms with Crippen LogP contribution < -0.4 is 10.1 Å². The summed E-state index contributed by atoms with van der Waals surface area (Å²) in [7, 11) is 2.84. The Morgan fingerprint density at radius 3 is 2.56 bits per heavy atom. The summed E-state index contributed by atoms with van der Waals surface area (Å²) in [5, 5.41) is 17.4. The first kappa shape index (κ1) is 21.8. The highest BCUT2D eigenvalue weighted by atomic mass is 16.5. The van der Waals surface area contributed by atoms with Gasteiger partial charge in [0.15, 0.2) is 17.3 Å². The lowest BCUT2D eigenvalue weighted by Crippen LogP contribution is -2.29. The van der Waals surface area contributed by atoms with Crippen molar-refractivity contribution in [1.29, 1.82) is 0 Å². The fourth-order valence-corrected chi connectivity index (χ4v) is 4.92. The summed E-state index contributed by atoms with van der Waals surface area (Å²) in [5.74, 6) is 0.126. The molecule has 2 N–H and O–H groups in total. The highest BCUT2D eigenvalue weighted by Crippen LogP contribution is 2.49. The number of aromatic nitrogens is 1. The van der Waals surface area contributed by atoms with Gasteiger partial charge in [-0.1, -0.05) is 23.4 Å². The minimum atomic E-state index is -0.417. The van der Waals surface area contributed by atoms with E-state index in [2.05, 4.69) is 10.5 Å². The zero-order chi connectivity index (χ0) is 24.0. The number of phenolic OH excluding ortho intramolecular Hbond substituents is 1. The van der Waals surface area contributed by atoms with E-state index in [0.717, 1.165) is 22.4 Å². The first-order chi connectivity index (χ1) is 16.4. The Labute approximate surface area is 196 Å². The van der Waals surface area contributed by atoms with Gasteiger partial charge in [0.05, 0.1) is 31.0 Å². The van der Waals surface area contributed by atoms with E-state index in [-0.39, 0.29) is 23.4 Å². The number of nitrogens with one attached hydrogen (secondary N) is 1. The molecule has 2 aliphatic rings. The first-order valence-corrected chi connectivity index (χ1v) is 11.0. The van der Waals surface area contributed by atoms with Crippen molar-refractivity contribution in [2.75, 3.05) is 19.5 Å². The lowest BCUT2D eigenvalue weighted by molar-refractivity contribution is -0.116. The number of fused-ring (bicyclic) bond motifs is 1. The number of Topliss-reactive ketones (excluding diaryl/α,β-unsaturated/α-hetero) is 1. The lowest BCUT2D eigenvalue weighted by Gasteiger charge is -2.34. The van der Waals surface area contributed by atoms with E-state index in [9.17, 15) is 14.7 Å². The van der Waals surface area contributed by atoms with Crippen LogP contribution in [0.3, 0.4) is 0 Å². The number of aromatic hydroxyl groups is 1. The fourth-order valence-electron chi connectivity index (χ4n) is 4.92. The number of nitrogens with zero attached hydrogens (tertiary/aromatic N) is 1. The topological polar surface area (TPSA) is 111 Å². The average molecular weight is 460 g/mol. The van der Waals surface area contributed by atoms with Crippen LogP contribution in [0.25, 0.3) is 0 Å². The van der Waals surface area contributed by atoms with Crippen LogP contribution in [0.5, 0.6) is 11.5 Å². The molecule has 2 heterocycles. The van der Waals surface area contributed by atoms with E-state index in [1.54, 1.807) is 24.3 Å². The maximum atomic E-state index is 13.6. The number of methoxy groups -OCH3 is 2. The molecule has 2 aromatic carbocycles. The number of esters is 1. The van der Waals surface area contributed by atoms with Crippen molar-refractivity contribution in [3.63, 3.8) is 0 Å². The number of rotatable bonds is 4. The van der Waals surface area contributed by atoms with Crippen molar-refractivity contribution in [2.24, 2.45) is 0 Å². The molecule has 1 aliphatic heterocycles. The summed E-state index contributed by atoms with van der Waals surface area (Å²) in [4.78, 5) is 25.5. The van der Waals surface area contributed by atoms with Gasteiger partial charge in [0.25, 0.3) is 0 Å². The highest BCUT2D eigenvalue weighted by Gasteiger charge is 2.41. The van der Waals surface area contributed by atoms with Gasteiger partial charge in [-0.15, -0.1) is 0 Å². The van der Waals surface area contributed by atoms with Gasteiger partial charge in [0, 0.05) is 23.6 Å². The number of hydrogen-bond donors (Lipinski definition) is 2. The highest BCUT2D eigenvalue weighted by molar-refractivity contribution is 6.01. The molecule has 2 unspecified atom stereocenters. The monoisotopic (exact) mass is 460 g/mol. The molecule has 0 amide bonds. The molecule has 0 spiro atoms. The van der Waals surface area contributed by atoms with E-state index in [0.29, 0.717) is 41.3 Å². The SMILES string of the molecule is COC(=O)c1ccc(C2C3=C(CC(c4ccc(O)c(OC)c4)CC3=O)Nc3onc(C)c32)cc1. The molecule has 0 bridgehead atoms. The molecule has 1 aliphatic carbocycles. The van der Waals surface area contributed by atoms with Gasteiger partial charge in [-0.2, -0.15) is 0 Å². The van der Waals surface area contributed by atoms with Gasteiger partial charge in [0.1, 0.15) is 0 Å². The number of aryl methyl sites for hydroxylation is 1. The quantitative estimate of drug-likeness (QED) is 0.550. The van der Waals surface area contributed by atoms with Crippen LogP contribution in [0, 0.1) is 6.92 Å². The summed E-state index contributed by atoms with van der Waals surface area (Å²) in [5.41, 5.74) is 5.22. The number of carbonyl (C=O) groups is 2. The summed E-state index contributed by atoms with van der Waals surface area (Å²) < 4.78 is 15.6. The second-order valence-corrected chi connectivity index (χ2v) is 8.53. The number of allylic oxidation sites excluding steroid dienone is 2. The normalized spacial score (nSPS) is 19.2. The molecule has 0 fully saturated rings. The minimum absolute atomic E-state index is 0.0269. The largest absolute Gasteiger partial charge is 0.504 e. The fraction of sp³-hybridized carbons (Fsp3) is 0.269. The van der Waals surface area contributed by atoms with Gasteiger partial charge in [0.2, 0.25) is 5.88 Å². The second-order valence-electron chi connectivity index (χ2n) is 8.53. The molecule has 8 nitrogen and oxygen atoms in total. The molecule has 0 saturated heterocycles. The Morgan fingerprint density at radius 2 is 1.85 bits per heavy atom. The van der Waals surface area contributed by atoms with E-state index in [1.807, 2.05) is 25.1 Å². The Hall–Kier alpha value is -4.07. The Bertz CT molecular complexity index is 1320. The predicted octanol–water partition coefficient (Wildman–Crippen LogP) is 4.44. The van der Waals surface area contributed by atoms with Crippen molar-refractivity contribution < 1.29 is 28.7 Å². The Kier molecular flexibility index (Phi) is 5.36. The van der Waals surface area contributed by atoms with Crippen molar-refractivity contribution in [1.82, 2.24) is 5.16 Å². The molecular formula is C26H24N2O6. The molecular weight excluding hydrogens is 436 g/mol. The van der Waals surface area contributed by atoms with Crippen molar-refractivity contribution in [3.8, 4) is 11.5 Å². The summed E-state index contributed by atoms with van der Waals surface area (Å²) >= 11 is 0. The van der Waals surface area contributed by atoms with Crippen LogP contribution in [0.2, 0.25) is 0 Å². The van der Waals surface area contributed by atoms with Gasteiger partial charge in [-0.25, -0.2) is 4.79 Å². The molecule has 1 aromatic heterocycles. The smallest absolute Gasteiger partial charge is 0.337 e. The number of ether oxygens (including phenoxy) is 2. The number of phenols is 1. The summed E-state index contributed by atoms with van der Waals surface area (Å²) in [6.07, 6.45) is 0.912. The van der Waals surface area contributed by atoms with Crippen LogP contribution in [-0.2, 0) is 9.53 Å². The molecule has 0 radical (unpaired) electrons. The molecule has 3 aromatic rings. The standard InChI is InChI=1S/C26H24N2O6/c1-13-22-23(14-4-6-15(7-5-14)26(31)33-3)24-18(27-25(22)34-28-13)10-17(11-20(24)30)16-8-9-19(29)21(12-16)32-2/h4-9,12,17,23,27,29H,10-11H2,1-3H3. The van der Waals surface area contributed by atoms with Crippen molar-refractivity contribution in [3.05, 3.63) is 81.7 Å². The van der Waals surface area contributed by atoms with Gasteiger partial charge in [-0.05, 0) is 54.7 Å². The molecule has 0 saturated carbocycles. The Balaban J connectivity index is 1.56. The number of anilines is 1. The maximum absolute atomic E-state index is 13.6. The van der Waals surface area contributed by atoms with E-state index in [4.69, 9.17) is 14.0 Å². The number of benzene rings is 2. The lowest BCUT2D eigenvalue weighted by atomic mass is 9.72.